The minimum atomic E-state index is -0.739. The fraction of sp³-hybridized carbons (Fsp3) is 0.462. The lowest BCUT2D eigenvalue weighted by atomic mass is 9.99. The summed E-state index contributed by atoms with van der Waals surface area (Å²) < 4.78 is 16.4. The zero-order valence-corrected chi connectivity index (χ0v) is 10.2. The summed E-state index contributed by atoms with van der Waals surface area (Å²) in [7, 11) is 0. The summed E-state index contributed by atoms with van der Waals surface area (Å²) in [5.41, 5.74) is -0.736. The van der Waals surface area contributed by atoms with Gasteiger partial charge in [0.25, 0.3) is 0 Å². The van der Waals surface area contributed by atoms with Crippen molar-refractivity contribution < 1.29 is 19.0 Å². The molecule has 17 heavy (non-hydrogen) atoms. The van der Waals surface area contributed by atoms with Crippen LogP contribution >= 0.6 is 0 Å². The highest BCUT2D eigenvalue weighted by Gasteiger charge is 2.44. The van der Waals surface area contributed by atoms with Crippen molar-refractivity contribution in [2.45, 2.75) is 32.5 Å². The van der Waals surface area contributed by atoms with Gasteiger partial charge in [0.2, 0.25) is 6.10 Å². The van der Waals surface area contributed by atoms with Crippen LogP contribution in [0.5, 0.6) is 11.5 Å². The number of hydrogen-bond acceptors (Lipinski definition) is 4. The first-order valence-electron chi connectivity index (χ1n) is 5.66. The topological polar surface area (TPSA) is 44.8 Å². The zero-order chi connectivity index (χ0) is 12.5. The van der Waals surface area contributed by atoms with Gasteiger partial charge in [-0.3, -0.25) is 0 Å². The normalized spacial score (nSPS) is 20.8. The predicted octanol–water partition coefficient (Wildman–Crippen LogP) is 2.17. The molecular weight excluding hydrogens is 220 g/mol. The van der Waals surface area contributed by atoms with Crippen molar-refractivity contribution in [2.75, 3.05) is 6.61 Å². The average molecular weight is 236 g/mol. The van der Waals surface area contributed by atoms with Crippen molar-refractivity contribution in [3.05, 3.63) is 24.3 Å². The van der Waals surface area contributed by atoms with Crippen LogP contribution in [0.4, 0.5) is 0 Å². The van der Waals surface area contributed by atoms with E-state index in [1.807, 2.05) is 32.0 Å². The highest BCUT2D eigenvalue weighted by Crippen LogP contribution is 2.38. The molecule has 0 N–H and O–H groups in total. The molecule has 4 heteroatoms. The van der Waals surface area contributed by atoms with Gasteiger partial charge >= 0.3 is 5.97 Å². The van der Waals surface area contributed by atoms with Crippen LogP contribution in [0.15, 0.2) is 24.3 Å². The molecule has 0 unspecified atom stereocenters. The van der Waals surface area contributed by atoms with E-state index in [-0.39, 0.29) is 0 Å². The standard InChI is InChI=1S/C13H16O4/c1-4-15-12(14)11-13(2,3)17-10-8-6-5-7-9(10)16-11/h5-8,11H,4H2,1-3H3/t11-/m0/s1. The third-order valence-corrected chi connectivity index (χ3v) is 2.60. The Kier molecular flexibility index (Phi) is 2.96. The average Bonchev–Trinajstić information content (AvgIpc) is 2.27. The molecule has 0 radical (unpaired) electrons. The van der Waals surface area contributed by atoms with E-state index in [1.165, 1.54) is 0 Å². The van der Waals surface area contributed by atoms with Crippen molar-refractivity contribution in [2.24, 2.45) is 0 Å². The van der Waals surface area contributed by atoms with Crippen LogP contribution in [0, 0.1) is 0 Å². The van der Waals surface area contributed by atoms with Crippen molar-refractivity contribution in [3.8, 4) is 11.5 Å². The Labute approximate surface area is 100 Å². The SMILES string of the molecule is CCOC(=O)[C@@H]1Oc2ccccc2OC1(C)C. The second-order valence-electron chi connectivity index (χ2n) is 4.40. The zero-order valence-electron chi connectivity index (χ0n) is 10.2. The minimum Gasteiger partial charge on any atom is -0.479 e. The maximum absolute atomic E-state index is 11.8. The maximum atomic E-state index is 11.8. The molecule has 0 amide bonds. The Morgan fingerprint density at radius 2 is 2.00 bits per heavy atom. The Balaban J connectivity index is 2.28. The number of rotatable bonds is 2. The van der Waals surface area contributed by atoms with Crippen molar-refractivity contribution in [1.82, 2.24) is 0 Å². The molecule has 0 aromatic heterocycles. The largest absolute Gasteiger partial charge is 0.479 e. The molecule has 0 aliphatic carbocycles. The van der Waals surface area contributed by atoms with Gasteiger partial charge in [0.15, 0.2) is 17.1 Å². The molecule has 0 bridgehead atoms. The molecule has 0 saturated heterocycles. The van der Waals surface area contributed by atoms with Gasteiger partial charge in [0, 0.05) is 0 Å². The van der Waals surface area contributed by atoms with Crippen molar-refractivity contribution in [1.29, 1.82) is 0 Å². The number of fused-ring (bicyclic) bond motifs is 1. The summed E-state index contributed by atoms with van der Waals surface area (Å²) in [6.07, 6.45) is -0.739. The molecule has 1 aromatic carbocycles. The van der Waals surface area contributed by atoms with Gasteiger partial charge < -0.3 is 14.2 Å². The molecule has 0 fully saturated rings. The Morgan fingerprint density at radius 1 is 1.35 bits per heavy atom. The number of carbonyl (C=O) groups excluding carboxylic acids is 1. The van der Waals surface area contributed by atoms with Gasteiger partial charge in [0.05, 0.1) is 6.61 Å². The van der Waals surface area contributed by atoms with Crippen LogP contribution < -0.4 is 9.47 Å². The Bertz CT molecular complexity index is 425. The molecular formula is C13H16O4. The molecule has 2 rings (SSSR count). The predicted molar refractivity (Wildman–Crippen MR) is 62.2 cm³/mol. The van der Waals surface area contributed by atoms with E-state index in [0.29, 0.717) is 18.1 Å². The maximum Gasteiger partial charge on any atom is 0.351 e. The molecule has 1 aliphatic heterocycles. The summed E-state index contributed by atoms with van der Waals surface area (Å²) in [6, 6.07) is 7.29. The highest BCUT2D eigenvalue weighted by atomic mass is 16.6. The van der Waals surface area contributed by atoms with E-state index in [0.717, 1.165) is 0 Å². The van der Waals surface area contributed by atoms with E-state index >= 15 is 0 Å². The number of hydrogen-bond donors (Lipinski definition) is 0. The summed E-state index contributed by atoms with van der Waals surface area (Å²) in [4.78, 5) is 11.8. The van der Waals surface area contributed by atoms with Crippen LogP contribution in [-0.4, -0.2) is 24.3 Å². The number of para-hydroxylation sites is 2. The van der Waals surface area contributed by atoms with Gasteiger partial charge in [-0.05, 0) is 32.9 Å². The third kappa shape index (κ3) is 2.20. The number of carbonyl (C=O) groups is 1. The van der Waals surface area contributed by atoms with Gasteiger partial charge in [-0.2, -0.15) is 0 Å². The second-order valence-corrected chi connectivity index (χ2v) is 4.40. The van der Waals surface area contributed by atoms with Crippen LogP contribution in [0.25, 0.3) is 0 Å². The smallest absolute Gasteiger partial charge is 0.351 e. The van der Waals surface area contributed by atoms with Crippen LogP contribution in [0.3, 0.4) is 0 Å². The molecule has 1 atom stereocenters. The Morgan fingerprint density at radius 3 is 2.65 bits per heavy atom. The second kappa shape index (κ2) is 4.28. The van der Waals surface area contributed by atoms with Crippen molar-refractivity contribution in [3.63, 3.8) is 0 Å². The van der Waals surface area contributed by atoms with Crippen molar-refractivity contribution >= 4 is 5.97 Å². The summed E-state index contributed by atoms with van der Waals surface area (Å²) in [5.74, 6) is 0.829. The first kappa shape index (κ1) is 11.8. The van der Waals surface area contributed by atoms with Crippen LogP contribution in [0.1, 0.15) is 20.8 Å². The fourth-order valence-electron chi connectivity index (χ4n) is 1.79. The number of ether oxygens (including phenoxy) is 3. The number of esters is 1. The van der Waals surface area contributed by atoms with E-state index in [4.69, 9.17) is 14.2 Å². The van der Waals surface area contributed by atoms with E-state index in [9.17, 15) is 4.79 Å². The van der Waals surface area contributed by atoms with Gasteiger partial charge in [-0.15, -0.1) is 0 Å². The fourth-order valence-corrected chi connectivity index (χ4v) is 1.79. The number of benzene rings is 1. The minimum absolute atomic E-state index is 0.330. The lowest BCUT2D eigenvalue weighted by Crippen LogP contribution is -2.53. The van der Waals surface area contributed by atoms with Gasteiger partial charge in [-0.1, -0.05) is 12.1 Å². The summed E-state index contributed by atoms with van der Waals surface area (Å²) >= 11 is 0. The molecule has 0 spiro atoms. The molecule has 1 aromatic rings. The Hall–Kier alpha value is -1.71. The van der Waals surface area contributed by atoms with E-state index in [1.54, 1.807) is 13.0 Å². The highest BCUT2D eigenvalue weighted by molar-refractivity contribution is 5.77. The molecule has 4 nitrogen and oxygen atoms in total. The molecule has 1 aliphatic rings. The van der Waals surface area contributed by atoms with E-state index in [2.05, 4.69) is 0 Å². The molecule has 1 heterocycles. The molecule has 0 saturated carbocycles. The quantitative estimate of drug-likeness (QED) is 0.738. The monoisotopic (exact) mass is 236 g/mol. The summed E-state index contributed by atoms with van der Waals surface area (Å²) in [5, 5.41) is 0. The van der Waals surface area contributed by atoms with Crippen LogP contribution in [0.2, 0.25) is 0 Å². The first-order chi connectivity index (χ1) is 8.04. The summed E-state index contributed by atoms with van der Waals surface area (Å²) in [6.45, 7) is 5.72. The lowest BCUT2D eigenvalue weighted by Gasteiger charge is -2.38. The van der Waals surface area contributed by atoms with Crippen LogP contribution in [-0.2, 0) is 9.53 Å². The van der Waals surface area contributed by atoms with E-state index < -0.39 is 17.7 Å². The molecule has 92 valence electrons. The first-order valence-corrected chi connectivity index (χ1v) is 5.66. The third-order valence-electron chi connectivity index (χ3n) is 2.60. The van der Waals surface area contributed by atoms with Gasteiger partial charge in [-0.25, -0.2) is 4.79 Å². The van der Waals surface area contributed by atoms with Gasteiger partial charge in [0.1, 0.15) is 0 Å². The lowest BCUT2D eigenvalue weighted by molar-refractivity contribution is -0.163.